The van der Waals surface area contributed by atoms with Crippen molar-refractivity contribution in [3.63, 3.8) is 0 Å². The zero-order valence-electron chi connectivity index (χ0n) is 18.2. The molecule has 0 spiro atoms. The van der Waals surface area contributed by atoms with E-state index in [-0.39, 0.29) is 13.0 Å². The molecule has 1 saturated heterocycles. The van der Waals surface area contributed by atoms with Crippen LogP contribution in [0.4, 0.5) is 5.82 Å². The molecule has 3 heterocycles. The minimum Gasteiger partial charge on any atom is -0.382 e. The highest BCUT2D eigenvalue weighted by Gasteiger charge is 2.40. The molecule has 0 bridgehead atoms. The first-order chi connectivity index (χ1) is 16.5. The third-order valence-electron chi connectivity index (χ3n) is 5.55. The van der Waals surface area contributed by atoms with Crippen LogP contribution in [0.1, 0.15) is 29.8 Å². The number of aromatic nitrogens is 4. The lowest BCUT2D eigenvalue weighted by Gasteiger charge is -2.35. The van der Waals surface area contributed by atoms with Gasteiger partial charge in [0.25, 0.3) is 0 Å². The number of imidazole rings is 1. The Balaban J connectivity index is 1.29. The average molecular weight is 500 g/mol. The Morgan fingerprint density at radius 3 is 2.62 bits per heavy atom. The number of anilines is 1. The molecular weight excluding hydrogens is 477 g/mol. The van der Waals surface area contributed by atoms with E-state index in [1.165, 1.54) is 6.33 Å². The summed E-state index contributed by atoms with van der Waals surface area (Å²) in [7, 11) is -3.57. The van der Waals surface area contributed by atoms with E-state index >= 15 is 0 Å². The van der Waals surface area contributed by atoms with Crippen LogP contribution in [0.3, 0.4) is 0 Å². The van der Waals surface area contributed by atoms with Gasteiger partial charge in [0.15, 0.2) is 11.5 Å². The first-order valence-electron chi connectivity index (χ1n) is 10.8. The van der Waals surface area contributed by atoms with Gasteiger partial charge in [-0.05, 0) is 23.3 Å². The predicted octanol–water partition coefficient (Wildman–Crippen LogP) is 5.15. The number of fused-ring (bicyclic) bond motifs is 1. The smallest absolute Gasteiger partial charge is 0.357 e. The van der Waals surface area contributed by atoms with Crippen LogP contribution >= 0.6 is 19.2 Å². The fraction of sp³-hybridized carbons (Fsp3) is 0.261. The summed E-state index contributed by atoms with van der Waals surface area (Å²) in [6, 6.07) is 17.1. The summed E-state index contributed by atoms with van der Waals surface area (Å²) in [6.07, 6.45) is 2.50. The number of nitrogen functional groups attached to an aromatic ring is 1. The first kappa shape index (κ1) is 23.0. The molecule has 2 aromatic heterocycles. The monoisotopic (exact) mass is 499 g/mol. The number of ether oxygens (including phenoxy) is 1. The van der Waals surface area contributed by atoms with Gasteiger partial charge in [0, 0.05) is 18.0 Å². The minimum atomic E-state index is -3.57. The molecule has 2 N–H and O–H groups in total. The van der Waals surface area contributed by atoms with Crippen molar-refractivity contribution < 1.29 is 18.3 Å². The lowest BCUT2D eigenvalue weighted by Crippen LogP contribution is -2.20. The second-order valence-electron chi connectivity index (χ2n) is 7.91. The van der Waals surface area contributed by atoms with Crippen LogP contribution in [-0.2, 0) is 24.9 Å². The summed E-state index contributed by atoms with van der Waals surface area (Å²) in [6.45, 7) is 0.691. The summed E-state index contributed by atoms with van der Waals surface area (Å²) in [5.41, 5.74) is 8.75. The van der Waals surface area contributed by atoms with Crippen molar-refractivity contribution in [2.24, 2.45) is 0 Å². The molecule has 34 heavy (non-hydrogen) atoms. The van der Waals surface area contributed by atoms with Crippen molar-refractivity contribution in [1.82, 2.24) is 19.5 Å². The molecule has 176 valence electrons. The SMILES string of the molecule is Nc1ncnc2c1ncn2CCOC[P@@]1(=O)O[C@H](c2ccccc2)C[C@@H](c2cccc(Cl)c2)O1. The quantitative estimate of drug-likeness (QED) is 0.274. The molecular formula is C23H23ClN5O4P. The van der Waals surface area contributed by atoms with E-state index in [4.69, 9.17) is 31.1 Å². The van der Waals surface area contributed by atoms with E-state index in [2.05, 4.69) is 15.0 Å². The Morgan fingerprint density at radius 1 is 1.06 bits per heavy atom. The Kier molecular flexibility index (Phi) is 6.63. The number of rotatable bonds is 7. The zero-order chi connectivity index (χ0) is 23.5. The average Bonchev–Trinajstić information content (AvgIpc) is 3.26. The molecule has 0 unspecified atom stereocenters. The van der Waals surface area contributed by atoms with Crippen LogP contribution in [0.15, 0.2) is 67.3 Å². The van der Waals surface area contributed by atoms with Crippen molar-refractivity contribution in [3.05, 3.63) is 83.4 Å². The highest BCUT2D eigenvalue weighted by molar-refractivity contribution is 7.53. The van der Waals surface area contributed by atoms with Gasteiger partial charge in [-0.15, -0.1) is 0 Å². The van der Waals surface area contributed by atoms with E-state index in [1.807, 2.05) is 48.5 Å². The molecule has 0 aliphatic carbocycles. The van der Waals surface area contributed by atoms with Gasteiger partial charge in [-0.1, -0.05) is 54.1 Å². The fourth-order valence-corrected chi connectivity index (χ4v) is 5.84. The molecule has 0 radical (unpaired) electrons. The second-order valence-corrected chi connectivity index (χ2v) is 10.2. The van der Waals surface area contributed by atoms with E-state index in [1.54, 1.807) is 17.0 Å². The summed E-state index contributed by atoms with van der Waals surface area (Å²) >= 11 is 6.19. The van der Waals surface area contributed by atoms with Crippen molar-refractivity contribution in [3.8, 4) is 0 Å². The molecule has 4 aromatic rings. The summed E-state index contributed by atoms with van der Waals surface area (Å²) in [5.74, 6) is 0.317. The molecule has 5 rings (SSSR count). The van der Waals surface area contributed by atoms with Crippen molar-refractivity contribution in [2.75, 3.05) is 18.7 Å². The van der Waals surface area contributed by atoms with E-state index in [0.717, 1.165) is 11.1 Å². The van der Waals surface area contributed by atoms with Crippen LogP contribution < -0.4 is 5.73 Å². The van der Waals surface area contributed by atoms with Gasteiger partial charge in [-0.3, -0.25) is 13.6 Å². The Morgan fingerprint density at radius 2 is 1.82 bits per heavy atom. The molecule has 9 nitrogen and oxygen atoms in total. The van der Waals surface area contributed by atoms with Gasteiger partial charge in [-0.2, -0.15) is 0 Å². The third-order valence-corrected chi connectivity index (χ3v) is 7.44. The Labute approximate surface area is 201 Å². The fourth-order valence-electron chi connectivity index (χ4n) is 3.92. The summed E-state index contributed by atoms with van der Waals surface area (Å²) in [4.78, 5) is 12.4. The molecule has 0 saturated carbocycles. The summed E-state index contributed by atoms with van der Waals surface area (Å²) in [5, 5.41) is 0.590. The lowest BCUT2D eigenvalue weighted by atomic mass is 9.99. The number of halogens is 1. The second kappa shape index (κ2) is 9.82. The largest absolute Gasteiger partial charge is 0.382 e. The number of nitrogens with two attached hydrogens (primary N) is 1. The maximum atomic E-state index is 13.6. The molecule has 3 atom stereocenters. The van der Waals surface area contributed by atoms with E-state index in [0.29, 0.717) is 35.0 Å². The number of nitrogens with zero attached hydrogens (tertiary/aromatic N) is 4. The molecule has 11 heteroatoms. The third kappa shape index (κ3) is 4.99. The van der Waals surface area contributed by atoms with Crippen molar-refractivity contribution >= 4 is 36.2 Å². The maximum absolute atomic E-state index is 13.6. The highest BCUT2D eigenvalue weighted by atomic mass is 35.5. The molecule has 1 aliphatic rings. The highest BCUT2D eigenvalue weighted by Crippen LogP contribution is 2.61. The number of hydrogen-bond donors (Lipinski definition) is 1. The minimum absolute atomic E-state index is 0.183. The van der Waals surface area contributed by atoms with Gasteiger partial charge in [0.05, 0.1) is 25.1 Å². The van der Waals surface area contributed by atoms with Crippen LogP contribution in [0, 0.1) is 0 Å². The van der Waals surface area contributed by atoms with Crippen molar-refractivity contribution in [1.29, 1.82) is 0 Å². The van der Waals surface area contributed by atoms with E-state index in [9.17, 15) is 4.57 Å². The topological polar surface area (TPSA) is 114 Å². The zero-order valence-corrected chi connectivity index (χ0v) is 19.8. The summed E-state index contributed by atoms with van der Waals surface area (Å²) < 4.78 is 33.2. The molecule has 1 fully saturated rings. The Hall–Kier alpha value is -2.81. The van der Waals surface area contributed by atoms with Gasteiger partial charge in [-0.25, -0.2) is 15.0 Å². The standard InChI is InChI=1S/C23H23ClN5O4P/c24-18-8-4-7-17(11-18)20-12-19(16-5-2-1-3-6-16)32-34(30,33-20)15-31-10-9-29-14-28-21-22(25)26-13-27-23(21)29/h1-8,11,13-14,19-20H,9-10,12,15H2,(H2,25,26,27)/t19-,20-,34+/m0/s1. The normalized spacial score (nSPS) is 22.7. The van der Waals surface area contributed by atoms with Gasteiger partial charge in [0.2, 0.25) is 0 Å². The van der Waals surface area contributed by atoms with Crippen LogP contribution in [-0.4, -0.2) is 32.5 Å². The lowest BCUT2D eigenvalue weighted by molar-refractivity contribution is 0.0137. The van der Waals surface area contributed by atoms with Gasteiger partial charge < -0.3 is 15.0 Å². The number of benzene rings is 2. The van der Waals surface area contributed by atoms with Gasteiger partial charge >= 0.3 is 7.60 Å². The molecule has 2 aromatic carbocycles. The van der Waals surface area contributed by atoms with Crippen LogP contribution in [0.5, 0.6) is 0 Å². The van der Waals surface area contributed by atoms with Crippen LogP contribution in [0.25, 0.3) is 11.2 Å². The van der Waals surface area contributed by atoms with Crippen LogP contribution in [0.2, 0.25) is 5.02 Å². The maximum Gasteiger partial charge on any atom is 0.357 e. The Bertz CT molecular complexity index is 1340. The van der Waals surface area contributed by atoms with E-state index < -0.39 is 19.8 Å². The predicted molar refractivity (Wildman–Crippen MR) is 128 cm³/mol. The number of hydrogen-bond acceptors (Lipinski definition) is 8. The van der Waals surface area contributed by atoms with Gasteiger partial charge in [0.1, 0.15) is 18.2 Å². The molecule has 1 aliphatic heterocycles. The first-order valence-corrected chi connectivity index (χ1v) is 12.9. The van der Waals surface area contributed by atoms with Crippen molar-refractivity contribution in [2.45, 2.75) is 25.2 Å². The molecule has 0 amide bonds.